The van der Waals surface area contributed by atoms with Gasteiger partial charge in [0.25, 0.3) is 0 Å². The van der Waals surface area contributed by atoms with Gasteiger partial charge in [0.2, 0.25) is 0 Å². The molecule has 0 aliphatic carbocycles. The van der Waals surface area contributed by atoms with E-state index in [2.05, 4.69) is 41.8 Å². The topological polar surface area (TPSA) is 36.9 Å². The first-order valence-electron chi connectivity index (χ1n) is 10.6. The molecule has 0 aromatic rings. The van der Waals surface area contributed by atoms with Gasteiger partial charge in [0.05, 0.1) is 53.5 Å². The fourth-order valence-electron chi connectivity index (χ4n) is 3.73. The maximum atomic E-state index is 6.11. The second-order valence-corrected chi connectivity index (χ2v) is 8.49. The molecule has 6 nitrogen and oxygen atoms in total. The summed E-state index contributed by atoms with van der Waals surface area (Å²) in [5.74, 6) is 0. The van der Waals surface area contributed by atoms with Crippen molar-refractivity contribution < 1.29 is 75.9 Å². The highest BCUT2D eigenvalue weighted by Crippen LogP contribution is 2.24. The van der Waals surface area contributed by atoms with Gasteiger partial charge in [0, 0.05) is 12.8 Å². The van der Waals surface area contributed by atoms with Crippen molar-refractivity contribution in [3.05, 3.63) is 0 Å². The molecule has 0 radical (unpaired) electrons. The smallest absolute Gasteiger partial charge is 0.158 e. The average molecular weight is 628 g/mol. The average Bonchev–Trinajstić information content (AvgIpc) is 3.28. The van der Waals surface area contributed by atoms with E-state index in [0.29, 0.717) is 13.2 Å². The molecule has 0 aromatic heterocycles. The molecule has 28 heavy (non-hydrogen) atoms. The summed E-state index contributed by atoms with van der Waals surface area (Å²) in [6, 6.07) is 0. The number of halogens is 2. The largest absolute Gasteiger partial charge is 1.00 e. The third-order valence-electron chi connectivity index (χ3n) is 6.61. The van der Waals surface area contributed by atoms with Crippen molar-refractivity contribution in [2.75, 3.05) is 66.6 Å². The van der Waals surface area contributed by atoms with Crippen LogP contribution in [-0.2, 0) is 18.9 Å². The quantitative estimate of drug-likeness (QED) is 0.174. The number of hydrogen-bond acceptors (Lipinski definition) is 4. The zero-order valence-corrected chi connectivity index (χ0v) is 23.0. The Morgan fingerprint density at radius 3 is 1.25 bits per heavy atom. The second kappa shape index (κ2) is 13.6. The van der Waals surface area contributed by atoms with Gasteiger partial charge < -0.3 is 75.9 Å². The number of quaternary nitrogens is 2. The summed E-state index contributed by atoms with van der Waals surface area (Å²) in [4.78, 5) is 0. The van der Waals surface area contributed by atoms with Gasteiger partial charge in [-0.2, -0.15) is 0 Å². The zero-order valence-electron chi connectivity index (χ0n) is 18.7. The molecule has 2 heterocycles. The second-order valence-electron chi connectivity index (χ2n) is 8.49. The molecule has 2 rings (SSSR count). The Morgan fingerprint density at radius 1 is 0.643 bits per heavy atom. The predicted octanol–water partition coefficient (Wildman–Crippen LogP) is -3.77. The van der Waals surface area contributed by atoms with Crippen molar-refractivity contribution in [2.45, 2.75) is 65.3 Å². The SMILES string of the molecule is CC[N+](C)(CC)CC1COC(CCC2OCC(C[N+](C)(CC)CC)O2)O1.[I-].[I-]. The van der Waals surface area contributed by atoms with E-state index in [0.717, 1.165) is 61.1 Å². The van der Waals surface area contributed by atoms with Crippen molar-refractivity contribution in [2.24, 2.45) is 0 Å². The summed E-state index contributed by atoms with van der Waals surface area (Å²) in [5, 5.41) is 0. The minimum absolute atomic E-state index is 0. The van der Waals surface area contributed by atoms with E-state index < -0.39 is 0 Å². The molecular formula is C20H42I2N2O4. The summed E-state index contributed by atoms with van der Waals surface area (Å²) in [6.45, 7) is 16.9. The highest BCUT2D eigenvalue weighted by molar-refractivity contribution is 4.69. The van der Waals surface area contributed by atoms with Crippen LogP contribution in [0.1, 0.15) is 40.5 Å². The van der Waals surface area contributed by atoms with Crippen LogP contribution in [-0.4, -0.2) is 100 Å². The van der Waals surface area contributed by atoms with Crippen molar-refractivity contribution in [1.82, 2.24) is 0 Å². The van der Waals surface area contributed by atoms with E-state index >= 15 is 0 Å². The number of hydrogen-bond donors (Lipinski definition) is 0. The summed E-state index contributed by atoms with van der Waals surface area (Å²) < 4.78 is 26.0. The first-order valence-corrected chi connectivity index (χ1v) is 10.6. The number of nitrogens with zero attached hydrogens (tertiary/aromatic N) is 2. The van der Waals surface area contributed by atoms with Gasteiger partial charge in [-0.25, -0.2) is 0 Å². The third kappa shape index (κ3) is 8.76. The number of rotatable bonds is 11. The monoisotopic (exact) mass is 628 g/mol. The third-order valence-corrected chi connectivity index (χ3v) is 6.61. The van der Waals surface area contributed by atoms with Crippen LogP contribution in [0.15, 0.2) is 0 Å². The van der Waals surface area contributed by atoms with Crippen LogP contribution in [0.25, 0.3) is 0 Å². The maximum absolute atomic E-state index is 6.11. The van der Waals surface area contributed by atoms with Gasteiger partial charge in [0.1, 0.15) is 25.3 Å². The van der Waals surface area contributed by atoms with Crippen molar-refractivity contribution in [3.8, 4) is 0 Å². The van der Waals surface area contributed by atoms with E-state index in [-0.39, 0.29) is 72.7 Å². The number of ether oxygens (including phenoxy) is 4. The minimum Gasteiger partial charge on any atom is -1.00 e. The van der Waals surface area contributed by atoms with E-state index in [4.69, 9.17) is 18.9 Å². The van der Waals surface area contributed by atoms with Crippen molar-refractivity contribution in [3.63, 3.8) is 0 Å². The van der Waals surface area contributed by atoms with Gasteiger partial charge in [-0.15, -0.1) is 0 Å². The lowest BCUT2D eigenvalue weighted by Crippen LogP contribution is -3.00. The van der Waals surface area contributed by atoms with E-state index in [1.54, 1.807) is 0 Å². The standard InChI is InChI=1S/C20H42N2O4.2HI/c1-7-21(5,8-2)13-17-15-23-19(25-17)11-12-20-24-16-18(26-20)14-22(6,9-3)10-4;;/h17-20H,7-16H2,1-6H3;2*1H/q+2;;/p-2. The van der Waals surface area contributed by atoms with Crippen LogP contribution in [0.4, 0.5) is 0 Å². The molecule has 4 unspecified atom stereocenters. The normalized spacial score (nSPS) is 28.1. The van der Waals surface area contributed by atoms with E-state index in [1.807, 2.05) is 0 Å². The first kappa shape index (κ1) is 29.2. The lowest BCUT2D eigenvalue weighted by Gasteiger charge is -2.34. The summed E-state index contributed by atoms with van der Waals surface area (Å²) >= 11 is 0. The molecule has 0 aromatic carbocycles. The van der Waals surface area contributed by atoms with Gasteiger partial charge in [-0.3, -0.25) is 0 Å². The van der Waals surface area contributed by atoms with Crippen molar-refractivity contribution >= 4 is 0 Å². The lowest BCUT2D eigenvalue weighted by atomic mass is 10.3. The first-order chi connectivity index (χ1) is 12.3. The zero-order chi connectivity index (χ0) is 19.2. The molecule has 0 spiro atoms. The molecule has 0 saturated carbocycles. The van der Waals surface area contributed by atoms with Crippen LogP contribution < -0.4 is 48.0 Å². The summed E-state index contributed by atoms with van der Waals surface area (Å²) in [5.41, 5.74) is 0. The Hall–Kier alpha value is 1.22. The maximum Gasteiger partial charge on any atom is 0.158 e. The molecule has 2 aliphatic rings. The summed E-state index contributed by atoms with van der Waals surface area (Å²) in [7, 11) is 4.58. The number of likely N-dealkylation sites (N-methyl/N-ethyl adjacent to an activating group) is 2. The van der Waals surface area contributed by atoms with E-state index in [1.165, 1.54) is 0 Å². The molecule has 8 heteroatoms. The molecule has 0 amide bonds. The minimum atomic E-state index is -0.110. The molecule has 170 valence electrons. The Labute approximate surface area is 206 Å². The molecule has 2 fully saturated rings. The molecule has 0 N–H and O–H groups in total. The molecule has 2 saturated heterocycles. The van der Waals surface area contributed by atoms with Gasteiger partial charge >= 0.3 is 0 Å². The summed E-state index contributed by atoms with van der Waals surface area (Å²) in [6.07, 6.45) is 1.86. The molecular weight excluding hydrogens is 586 g/mol. The fraction of sp³-hybridized carbons (Fsp3) is 1.00. The fourth-order valence-corrected chi connectivity index (χ4v) is 3.73. The Balaban J connectivity index is 0.00000364. The van der Waals surface area contributed by atoms with Crippen LogP contribution >= 0.6 is 0 Å². The van der Waals surface area contributed by atoms with Gasteiger partial charge in [-0.1, -0.05) is 0 Å². The highest BCUT2D eigenvalue weighted by Gasteiger charge is 2.35. The van der Waals surface area contributed by atoms with Gasteiger partial charge in [0.15, 0.2) is 12.6 Å². The Morgan fingerprint density at radius 2 is 0.964 bits per heavy atom. The van der Waals surface area contributed by atoms with Gasteiger partial charge in [-0.05, 0) is 27.7 Å². The Bertz CT molecular complexity index is 385. The van der Waals surface area contributed by atoms with Crippen LogP contribution in [0.2, 0.25) is 0 Å². The van der Waals surface area contributed by atoms with Crippen LogP contribution in [0.5, 0.6) is 0 Å². The highest BCUT2D eigenvalue weighted by atomic mass is 127. The molecule has 0 bridgehead atoms. The molecule has 2 aliphatic heterocycles. The van der Waals surface area contributed by atoms with Crippen LogP contribution in [0, 0.1) is 0 Å². The van der Waals surface area contributed by atoms with Crippen LogP contribution in [0.3, 0.4) is 0 Å². The Kier molecular flexibility index (Phi) is 14.2. The van der Waals surface area contributed by atoms with Crippen molar-refractivity contribution in [1.29, 1.82) is 0 Å². The molecule has 4 atom stereocenters. The lowest BCUT2D eigenvalue weighted by molar-refractivity contribution is -0.908. The predicted molar refractivity (Wildman–Crippen MR) is 103 cm³/mol. The van der Waals surface area contributed by atoms with E-state index in [9.17, 15) is 0 Å².